The van der Waals surface area contributed by atoms with Crippen molar-refractivity contribution in [2.75, 3.05) is 6.61 Å². The smallest absolute Gasteiger partial charge is 0.137 e. The summed E-state index contributed by atoms with van der Waals surface area (Å²) in [7, 11) is 0. The molecule has 2 aromatic rings. The van der Waals surface area contributed by atoms with Crippen LogP contribution in [-0.2, 0) is 0 Å². The molecule has 0 bridgehead atoms. The number of nitrogens with zero attached hydrogens (tertiary/aromatic N) is 1. The first-order chi connectivity index (χ1) is 10.9. The van der Waals surface area contributed by atoms with Crippen LogP contribution in [-0.4, -0.2) is 11.6 Å². The van der Waals surface area contributed by atoms with E-state index in [1.54, 1.807) is 0 Å². The number of ether oxygens (including phenoxy) is 1. The summed E-state index contributed by atoms with van der Waals surface area (Å²) in [5.74, 6) is 0.866. The fourth-order valence-corrected chi connectivity index (χ4v) is 2.49. The summed E-state index contributed by atoms with van der Waals surface area (Å²) in [5.41, 5.74) is 2.13. The Morgan fingerprint density at radius 2 is 1.55 bits per heavy atom. The zero-order valence-corrected chi connectivity index (χ0v) is 13.6. The molecule has 22 heavy (non-hydrogen) atoms. The summed E-state index contributed by atoms with van der Waals surface area (Å²) in [6.07, 6.45) is 11.0. The predicted molar refractivity (Wildman–Crippen MR) is 93.2 cm³/mol. The van der Waals surface area contributed by atoms with E-state index in [-0.39, 0.29) is 0 Å². The third-order valence-corrected chi connectivity index (χ3v) is 3.82. The zero-order valence-electron chi connectivity index (χ0n) is 13.6. The van der Waals surface area contributed by atoms with Crippen LogP contribution in [0.1, 0.15) is 51.9 Å². The van der Waals surface area contributed by atoms with Gasteiger partial charge in [-0.3, -0.25) is 4.98 Å². The van der Waals surface area contributed by atoms with Crippen molar-refractivity contribution in [1.82, 2.24) is 4.98 Å². The van der Waals surface area contributed by atoms with Crippen LogP contribution in [0.4, 0.5) is 0 Å². The molecule has 0 saturated heterocycles. The second kappa shape index (κ2) is 9.99. The summed E-state index contributed by atoms with van der Waals surface area (Å²) in [5, 5.41) is 0. The Balaban J connectivity index is 1.65. The van der Waals surface area contributed by atoms with Crippen molar-refractivity contribution in [3.05, 3.63) is 48.7 Å². The lowest BCUT2D eigenvalue weighted by atomic mass is 10.1. The maximum atomic E-state index is 5.76. The Bertz CT molecular complexity index is 507. The minimum Gasteiger partial charge on any atom is -0.492 e. The number of pyridine rings is 1. The quantitative estimate of drug-likeness (QED) is 0.511. The fourth-order valence-electron chi connectivity index (χ4n) is 2.49. The Labute approximate surface area is 134 Å². The van der Waals surface area contributed by atoms with Gasteiger partial charge in [-0.25, -0.2) is 0 Å². The predicted octanol–water partition coefficient (Wildman–Crippen LogP) is 5.88. The number of aromatic nitrogens is 1. The molecule has 0 atom stereocenters. The molecule has 2 heteroatoms. The molecule has 1 heterocycles. The Hall–Kier alpha value is -1.83. The molecule has 1 aromatic heterocycles. The molecular weight excluding hydrogens is 270 g/mol. The van der Waals surface area contributed by atoms with Gasteiger partial charge in [0.2, 0.25) is 0 Å². The molecule has 0 unspecified atom stereocenters. The van der Waals surface area contributed by atoms with E-state index in [1.165, 1.54) is 38.5 Å². The lowest BCUT2D eigenvalue weighted by Crippen LogP contribution is -1.98. The first-order valence-electron chi connectivity index (χ1n) is 8.54. The van der Waals surface area contributed by atoms with Crippen molar-refractivity contribution in [2.24, 2.45) is 0 Å². The van der Waals surface area contributed by atoms with Crippen LogP contribution in [0.3, 0.4) is 0 Å². The lowest BCUT2D eigenvalue weighted by molar-refractivity contribution is 0.303. The topological polar surface area (TPSA) is 22.1 Å². The van der Waals surface area contributed by atoms with Crippen molar-refractivity contribution in [3.8, 4) is 17.0 Å². The molecule has 0 spiro atoms. The summed E-state index contributed by atoms with van der Waals surface area (Å²) in [6.45, 7) is 3.05. The van der Waals surface area contributed by atoms with Crippen LogP contribution in [0.2, 0.25) is 0 Å². The summed E-state index contributed by atoms with van der Waals surface area (Å²) in [4.78, 5) is 4.47. The minimum atomic E-state index is 0.792. The van der Waals surface area contributed by atoms with E-state index in [9.17, 15) is 0 Å². The molecule has 0 aliphatic heterocycles. The largest absolute Gasteiger partial charge is 0.492 e. The summed E-state index contributed by atoms with van der Waals surface area (Å²) in [6, 6.07) is 14.3. The van der Waals surface area contributed by atoms with Gasteiger partial charge in [0.1, 0.15) is 5.75 Å². The van der Waals surface area contributed by atoms with Gasteiger partial charge < -0.3 is 4.74 Å². The Morgan fingerprint density at radius 3 is 2.23 bits per heavy atom. The SMILES string of the molecule is CCCCCCCCCOc1ccc(-c2ccccc2)nc1. The monoisotopic (exact) mass is 297 g/mol. The number of benzene rings is 1. The first-order valence-corrected chi connectivity index (χ1v) is 8.54. The summed E-state index contributed by atoms with van der Waals surface area (Å²) >= 11 is 0. The van der Waals surface area contributed by atoms with Crippen LogP contribution in [0.15, 0.2) is 48.7 Å². The number of unbranched alkanes of at least 4 members (excludes halogenated alkanes) is 6. The number of hydrogen-bond acceptors (Lipinski definition) is 2. The molecule has 0 saturated carbocycles. The van der Waals surface area contributed by atoms with Crippen LogP contribution >= 0.6 is 0 Å². The molecule has 118 valence electrons. The van der Waals surface area contributed by atoms with E-state index in [1.807, 2.05) is 36.5 Å². The Morgan fingerprint density at radius 1 is 0.818 bits per heavy atom. The van der Waals surface area contributed by atoms with E-state index < -0.39 is 0 Å². The minimum absolute atomic E-state index is 0.792. The molecule has 0 aliphatic rings. The van der Waals surface area contributed by atoms with Gasteiger partial charge in [-0.2, -0.15) is 0 Å². The highest BCUT2D eigenvalue weighted by Crippen LogP contribution is 2.19. The molecule has 2 nitrogen and oxygen atoms in total. The average Bonchev–Trinajstić information content (AvgIpc) is 2.59. The highest BCUT2D eigenvalue weighted by Gasteiger charge is 1.99. The van der Waals surface area contributed by atoms with E-state index in [4.69, 9.17) is 4.74 Å². The van der Waals surface area contributed by atoms with Gasteiger partial charge in [0.25, 0.3) is 0 Å². The van der Waals surface area contributed by atoms with Crippen LogP contribution < -0.4 is 4.74 Å². The average molecular weight is 297 g/mol. The van der Waals surface area contributed by atoms with Crippen molar-refractivity contribution < 1.29 is 4.74 Å². The molecule has 1 aromatic carbocycles. The third kappa shape index (κ3) is 5.88. The van der Waals surface area contributed by atoms with Crippen LogP contribution in [0, 0.1) is 0 Å². The van der Waals surface area contributed by atoms with Gasteiger partial charge in [0.05, 0.1) is 18.5 Å². The second-order valence-corrected chi connectivity index (χ2v) is 5.71. The van der Waals surface area contributed by atoms with Gasteiger partial charge in [0, 0.05) is 5.56 Å². The number of rotatable bonds is 10. The molecular formula is C20H27NO. The first kappa shape index (κ1) is 16.5. The highest BCUT2D eigenvalue weighted by molar-refractivity contribution is 5.58. The van der Waals surface area contributed by atoms with E-state index >= 15 is 0 Å². The number of hydrogen-bond donors (Lipinski definition) is 0. The van der Waals surface area contributed by atoms with Crippen LogP contribution in [0.5, 0.6) is 5.75 Å². The van der Waals surface area contributed by atoms with Crippen molar-refractivity contribution in [1.29, 1.82) is 0 Å². The van der Waals surface area contributed by atoms with Gasteiger partial charge >= 0.3 is 0 Å². The molecule has 0 fully saturated rings. The molecule has 2 rings (SSSR count). The maximum Gasteiger partial charge on any atom is 0.137 e. The van der Waals surface area contributed by atoms with Crippen molar-refractivity contribution >= 4 is 0 Å². The van der Waals surface area contributed by atoms with E-state index in [0.29, 0.717) is 0 Å². The second-order valence-electron chi connectivity index (χ2n) is 5.71. The molecule has 0 aliphatic carbocycles. The van der Waals surface area contributed by atoms with Gasteiger partial charge in [-0.05, 0) is 18.6 Å². The van der Waals surface area contributed by atoms with Crippen molar-refractivity contribution in [3.63, 3.8) is 0 Å². The van der Waals surface area contributed by atoms with Gasteiger partial charge in [0.15, 0.2) is 0 Å². The van der Waals surface area contributed by atoms with E-state index in [0.717, 1.165) is 30.0 Å². The van der Waals surface area contributed by atoms with Crippen molar-refractivity contribution in [2.45, 2.75) is 51.9 Å². The standard InChI is InChI=1S/C20H27NO/c1-2-3-4-5-6-7-11-16-22-19-14-15-20(21-17-19)18-12-9-8-10-13-18/h8-10,12-15,17H,2-7,11,16H2,1H3. The summed E-state index contributed by atoms with van der Waals surface area (Å²) < 4.78 is 5.76. The lowest BCUT2D eigenvalue weighted by Gasteiger charge is -2.07. The molecule has 0 N–H and O–H groups in total. The fraction of sp³-hybridized carbons (Fsp3) is 0.450. The third-order valence-electron chi connectivity index (χ3n) is 3.82. The van der Waals surface area contributed by atoms with Gasteiger partial charge in [-0.15, -0.1) is 0 Å². The molecule has 0 amide bonds. The van der Waals surface area contributed by atoms with Crippen LogP contribution in [0.25, 0.3) is 11.3 Å². The maximum absolute atomic E-state index is 5.76. The highest BCUT2D eigenvalue weighted by atomic mass is 16.5. The molecule has 0 radical (unpaired) electrons. The Kier molecular flexibility index (Phi) is 7.51. The van der Waals surface area contributed by atoms with Gasteiger partial charge in [-0.1, -0.05) is 75.8 Å². The zero-order chi connectivity index (χ0) is 15.5. The normalized spacial score (nSPS) is 10.6. The van der Waals surface area contributed by atoms with E-state index in [2.05, 4.69) is 24.0 Å².